The van der Waals surface area contributed by atoms with E-state index in [-0.39, 0.29) is 30.1 Å². The SMILES string of the molecule is COC(=O)c1ccc(N2C(=O)CC(N(CCC3=CCCCC3)C(=O)C3CCCCC3)C2=O)cc1. The summed E-state index contributed by atoms with van der Waals surface area (Å²) in [5.41, 5.74) is 2.10. The molecule has 0 bridgehead atoms. The first-order valence-electron chi connectivity index (χ1n) is 12.5. The minimum Gasteiger partial charge on any atom is -0.465 e. The lowest BCUT2D eigenvalue weighted by atomic mass is 9.87. The maximum Gasteiger partial charge on any atom is 0.337 e. The quantitative estimate of drug-likeness (QED) is 0.338. The summed E-state index contributed by atoms with van der Waals surface area (Å²) in [5, 5.41) is 0. The Hall–Kier alpha value is -2.96. The van der Waals surface area contributed by atoms with Crippen molar-refractivity contribution in [2.24, 2.45) is 5.92 Å². The van der Waals surface area contributed by atoms with Gasteiger partial charge in [0.15, 0.2) is 0 Å². The lowest BCUT2D eigenvalue weighted by Crippen LogP contribution is -2.48. The standard InChI is InChI=1S/C27H34N2O5/c1-34-27(33)21-12-14-22(15-13-21)29-24(30)18-23(26(29)32)28(17-16-19-8-4-2-5-9-19)25(31)20-10-6-3-7-11-20/h8,12-15,20,23H,2-7,9-11,16-18H2,1H3. The average Bonchev–Trinajstić information content (AvgIpc) is 3.18. The van der Waals surface area contributed by atoms with Crippen LogP contribution in [0.3, 0.4) is 0 Å². The van der Waals surface area contributed by atoms with Crippen LogP contribution in [0.2, 0.25) is 0 Å². The summed E-state index contributed by atoms with van der Waals surface area (Å²) in [6.45, 7) is 0.472. The minimum absolute atomic E-state index is 0.00487. The first-order chi connectivity index (χ1) is 16.5. The number of benzene rings is 1. The van der Waals surface area contributed by atoms with E-state index in [0.717, 1.165) is 56.3 Å². The summed E-state index contributed by atoms with van der Waals surface area (Å²) in [7, 11) is 1.30. The predicted octanol–water partition coefficient (Wildman–Crippen LogP) is 4.40. The Morgan fingerprint density at radius 1 is 1.03 bits per heavy atom. The van der Waals surface area contributed by atoms with E-state index >= 15 is 0 Å². The summed E-state index contributed by atoms with van der Waals surface area (Å²) in [5.74, 6) is -1.21. The van der Waals surface area contributed by atoms with E-state index in [4.69, 9.17) is 4.74 Å². The summed E-state index contributed by atoms with van der Waals surface area (Å²) in [6, 6.07) is 5.45. The number of anilines is 1. The van der Waals surface area contributed by atoms with Gasteiger partial charge in [-0.2, -0.15) is 0 Å². The van der Waals surface area contributed by atoms with Gasteiger partial charge in [0.1, 0.15) is 6.04 Å². The number of imide groups is 1. The van der Waals surface area contributed by atoms with Crippen LogP contribution in [0.25, 0.3) is 0 Å². The maximum absolute atomic E-state index is 13.6. The molecule has 1 atom stereocenters. The van der Waals surface area contributed by atoms with Gasteiger partial charge in [-0.3, -0.25) is 14.4 Å². The van der Waals surface area contributed by atoms with Gasteiger partial charge in [0, 0.05) is 12.5 Å². The molecule has 3 amide bonds. The van der Waals surface area contributed by atoms with Crippen molar-refractivity contribution in [3.05, 3.63) is 41.5 Å². The third-order valence-electron chi connectivity index (χ3n) is 7.34. The van der Waals surface area contributed by atoms with Gasteiger partial charge in [-0.25, -0.2) is 9.69 Å². The molecule has 1 unspecified atom stereocenters. The molecule has 0 N–H and O–H groups in total. The van der Waals surface area contributed by atoms with Crippen LogP contribution in [0.1, 0.15) is 81.0 Å². The fraction of sp³-hybridized carbons (Fsp3) is 0.556. The average molecular weight is 467 g/mol. The molecule has 1 aromatic rings. The zero-order valence-corrected chi connectivity index (χ0v) is 20.0. The first kappa shape index (κ1) is 24.2. The van der Waals surface area contributed by atoms with Crippen LogP contribution in [0.4, 0.5) is 5.69 Å². The summed E-state index contributed by atoms with van der Waals surface area (Å²) in [4.78, 5) is 54.6. The lowest BCUT2D eigenvalue weighted by Gasteiger charge is -2.33. The van der Waals surface area contributed by atoms with Gasteiger partial charge in [-0.1, -0.05) is 30.9 Å². The number of ether oxygens (including phenoxy) is 1. The van der Waals surface area contributed by atoms with E-state index < -0.39 is 12.0 Å². The molecule has 182 valence electrons. The van der Waals surface area contributed by atoms with E-state index in [1.54, 1.807) is 17.0 Å². The third kappa shape index (κ3) is 5.24. The van der Waals surface area contributed by atoms with Crippen LogP contribution >= 0.6 is 0 Å². The number of allylic oxidation sites excluding steroid dienone is 1. The molecule has 2 aliphatic carbocycles. The van der Waals surface area contributed by atoms with Crippen molar-refractivity contribution in [1.82, 2.24) is 4.90 Å². The van der Waals surface area contributed by atoms with Crippen LogP contribution in [0.15, 0.2) is 35.9 Å². The number of carbonyl (C=O) groups is 4. The Kier molecular flexibility index (Phi) is 7.80. The number of esters is 1. The second kappa shape index (κ2) is 11.0. The lowest BCUT2D eigenvalue weighted by molar-refractivity contribution is -0.142. The van der Waals surface area contributed by atoms with Crippen molar-refractivity contribution in [2.45, 2.75) is 76.7 Å². The fourth-order valence-corrected chi connectivity index (χ4v) is 5.39. The highest BCUT2D eigenvalue weighted by molar-refractivity contribution is 6.23. The molecule has 4 rings (SSSR count). The molecule has 7 heteroatoms. The van der Waals surface area contributed by atoms with Crippen molar-refractivity contribution < 1.29 is 23.9 Å². The summed E-state index contributed by atoms with van der Waals surface area (Å²) >= 11 is 0. The molecule has 1 aromatic carbocycles. The monoisotopic (exact) mass is 466 g/mol. The Labute approximate surface area is 201 Å². The van der Waals surface area contributed by atoms with Gasteiger partial charge in [-0.05, 0) is 69.2 Å². The first-order valence-corrected chi connectivity index (χ1v) is 12.5. The second-order valence-electron chi connectivity index (χ2n) is 9.55. The van der Waals surface area contributed by atoms with Crippen molar-refractivity contribution in [3.8, 4) is 0 Å². The predicted molar refractivity (Wildman–Crippen MR) is 128 cm³/mol. The largest absolute Gasteiger partial charge is 0.465 e. The molecule has 7 nitrogen and oxygen atoms in total. The number of methoxy groups -OCH3 is 1. The topological polar surface area (TPSA) is 84.0 Å². The van der Waals surface area contributed by atoms with Gasteiger partial charge >= 0.3 is 5.97 Å². The molecule has 1 saturated heterocycles. The Morgan fingerprint density at radius 2 is 1.76 bits per heavy atom. The van der Waals surface area contributed by atoms with Gasteiger partial charge in [0.25, 0.3) is 5.91 Å². The van der Waals surface area contributed by atoms with Crippen LogP contribution in [0.5, 0.6) is 0 Å². The smallest absolute Gasteiger partial charge is 0.337 e. The third-order valence-corrected chi connectivity index (χ3v) is 7.34. The Bertz CT molecular complexity index is 962. The highest BCUT2D eigenvalue weighted by atomic mass is 16.5. The highest BCUT2D eigenvalue weighted by Gasteiger charge is 2.45. The molecular formula is C27H34N2O5. The molecule has 0 radical (unpaired) electrons. The molecule has 1 heterocycles. The van der Waals surface area contributed by atoms with Crippen LogP contribution in [-0.2, 0) is 19.1 Å². The Balaban J connectivity index is 1.54. The summed E-state index contributed by atoms with van der Waals surface area (Å²) < 4.78 is 4.72. The molecule has 3 aliphatic rings. The fourth-order valence-electron chi connectivity index (χ4n) is 5.39. The molecule has 0 spiro atoms. The van der Waals surface area contributed by atoms with Crippen molar-refractivity contribution in [3.63, 3.8) is 0 Å². The van der Waals surface area contributed by atoms with Gasteiger partial charge < -0.3 is 9.64 Å². The second-order valence-corrected chi connectivity index (χ2v) is 9.55. The molecule has 34 heavy (non-hydrogen) atoms. The van der Waals surface area contributed by atoms with Crippen LogP contribution in [-0.4, -0.2) is 48.3 Å². The number of amides is 3. The van der Waals surface area contributed by atoms with Gasteiger partial charge in [-0.15, -0.1) is 0 Å². The molecule has 2 fully saturated rings. The van der Waals surface area contributed by atoms with Crippen molar-refractivity contribution >= 4 is 29.4 Å². The maximum atomic E-state index is 13.6. The highest BCUT2D eigenvalue weighted by Crippen LogP contribution is 2.31. The van der Waals surface area contributed by atoms with E-state index in [0.29, 0.717) is 17.8 Å². The van der Waals surface area contributed by atoms with Crippen molar-refractivity contribution in [2.75, 3.05) is 18.6 Å². The normalized spacial score (nSPS) is 21.4. The number of carbonyl (C=O) groups excluding carboxylic acids is 4. The molecule has 0 aromatic heterocycles. The molecule has 1 aliphatic heterocycles. The summed E-state index contributed by atoms with van der Waals surface area (Å²) in [6.07, 6.45) is 12.4. The van der Waals surface area contributed by atoms with Crippen LogP contribution < -0.4 is 4.90 Å². The number of rotatable bonds is 7. The Morgan fingerprint density at radius 3 is 2.41 bits per heavy atom. The van der Waals surface area contributed by atoms with E-state index in [1.165, 1.54) is 37.7 Å². The zero-order chi connectivity index (χ0) is 24.1. The number of nitrogens with zero attached hydrogens (tertiary/aromatic N) is 2. The van der Waals surface area contributed by atoms with Gasteiger partial charge in [0.05, 0.1) is 24.8 Å². The minimum atomic E-state index is -0.772. The number of hydrogen-bond donors (Lipinski definition) is 0. The number of hydrogen-bond acceptors (Lipinski definition) is 5. The van der Waals surface area contributed by atoms with Gasteiger partial charge in [0.2, 0.25) is 11.8 Å². The van der Waals surface area contributed by atoms with Crippen molar-refractivity contribution in [1.29, 1.82) is 0 Å². The zero-order valence-electron chi connectivity index (χ0n) is 20.0. The van der Waals surface area contributed by atoms with E-state index in [1.807, 2.05) is 0 Å². The van der Waals surface area contributed by atoms with E-state index in [2.05, 4.69) is 6.08 Å². The molecule has 1 saturated carbocycles. The van der Waals surface area contributed by atoms with Crippen LogP contribution in [0, 0.1) is 5.92 Å². The van der Waals surface area contributed by atoms with E-state index in [9.17, 15) is 19.2 Å². The molecular weight excluding hydrogens is 432 g/mol.